The Bertz CT molecular complexity index is 772. The molecular formula is C18H20ClN3O. The molecule has 1 N–H and O–H groups in total. The first kappa shape index (κ1) is 16.0. The van der Waals surface area contributed by atoms with Gasteiger partial charge in [0, 0.05) is 31.6 Å². The number of hydrogen-bond acceptors (Lipinski definition) is 3. The van der Waals surface area contributed by atoms with Crippen LogP contribution in [-0.2, 0) is 6.54 Å². The highest BCUT2D eigenvalue weighted by atomic mass is 35.5. The fourth-order valence-electron chi connectivity index (χ4n) is 2.90. The quantitative estimate of drug-likeness (QED) is 0.752. The number of pyridine rings is 1. The summed E-state index contributed by atoms with van der Waals surface area (Å²) < 4.78 is 1.94. The lowest BCUT2D eigenvalue weighted by Gasteiger charge is -2.27. The zero-order valence-electron chi connectivity index (χ0n) is 13.1. The van der Waals surface area contributed by atoms with Gasteiger partial charge in [-0.3, -0.25) is 4.90 Å². The largest absolute Gasteiger partial charge is 0.396 e. The highest BCUT2D eigenvalue weighted by Crippen LogP contribution is 2.24. The summed E-state index contributed by atoms with van der Waals surface area (Å²) in [6, 6.07) is 14.2. The first-order valence-electron chi connectivity index (χ1n) is 7.66. The van der Waals surface area contributed by atoms with E-state index >= 15 is 0 Å². The second-order valence-electron chi connectivity index (χ2n) is 5.70. The summed E-state index contributed by atoms with van der Waals surface area (Å²) in [6.45, 7) is 0.865. The lowest BCUT2D eigenvalue weighted by Crippen LogP contribution is -2.25. The lowest BCUT2D eigenvalue weighted by molar-refractivity contribution is 0.179. The summed E-state index contributed by atoms with van der Waals surface area (Å²) in [6.07, 6.45) is 4.55. The summed E-state index contributed by atoms with van der Waals surface area (Å²) in [7, 11) is 2.06. The summed E-state index contributed by atoms with van der Waals surface area (Å²) in [5.41, 5.74) is 3.07. The van der Waals surface area contributed by atoms with Crippen molar-refractivity contribution in [2.24, 2.45) is 0 Å². The molecule has 5 heteroatoms. The highest BCUT2D eigenvalue weighted by molar-refractivity contribution is 6.30. The molecule has 3 aromatic rings. The Morgan fingerprint density at radius 3 is 2.70 bits per heavy atom. The Morgan fingerprint density at radius 1 is 1.17 bits per heavy atom. The average Bonchev–Trinajstić information content (AvgIpc) is 2.94. The van der Waals surface area contributed by atoms with E-state index in [4.69, 9.17) is 11.6 Å². The first-order valence-corrected chi connectivity index (χ1v) is 8.04. The van der Waals surface area contributed by atoms with E-state index in [1.165, 1.54) is 5.56 Å². The van der Waals surface area contributed by atoms with Crippen molar-refractivity contribution >= 4 is 17.2 Å². The zero-order chi connectivity index (χ0) is 16.2. The van der Waals surface area contributed by atoms with Crippen LogP contribution in [0.3, 0.4) is 0 Å². The van der Waals surface area contributed by atoms with Crippen molar-refractivity contribution in [2.45, 2.75) is 19.0 Å². The van der Waals surface area contributed by atoms with Gasteiger partial charge in [0.05, 0.1) is 10.7 Å². The Hall–Kier alpha value is -1.88. The van der Waals surface area contributed by atoms with Gasteiger partial charge in [-0.2, -0.15) is 0 Å². The van der Waals surface area contributed by atoms with Crippen molar-refractivity contribution in [1.82, 2.24) is 14.3 Å². The molecule has 120 valence electrons. The van der Waals surface area contributed by atoms with Crippen LogP contribution in [0.15, 0.2) is 54.9 Å². The molecule has 0 aliphatic carbocycles. The monoisotopic (exact) mass is 329 g/mol. The molecule has 0 aliphatic heterocycles. The maximum absolute atomic E-state index is 9.40. The van der Waals surface area contributed by atoms with Gasteiger partial charge in [0.2, 0.25) is 0 Å². The Balaban J connectivity index is 1.81. The topological polar surface area (TPSA) is 40.8 Å². The third-order valence-corrected chi connectivity index (χ3v) is 4.22. The fourth-order valence-corrected chi connectivity index (χ4v) is 3.07. The van der Waals surface area contributed by atoms with Crippen LogP contribution in [0.2, 0.25) is 5.02 Å². The van der Waals surface area contributed by atoms with Gasteiger partial charge < -0.3 is 9.51 Å². The van der Waals surface area contributed by atoms with Crippen molar-refractivity contribution in [1.29, 1.82) is 0 Å². The molecule has 2 heterocycles. The molecule has 1 unspecified atom stereocenters. The van der Waals surface area contributed by atoms with Gasteiger partial charge in [-0.1, -0.05) is 41.9 Å². The molecule has 0 aliphatic rings. The number of benzene rings is 1. The van der Waals surface area contributed by atoms with E-state index < -0.39 is 0 Å². The molecule has 2 aromatic heterocycles. The molecule has 0 spiro atoms. The summed E-state index contributed by atoms with van der Waals surface area (Å²) in [5, 5.41) is 10.1. The Kier molecular flexibility index (Phi) is 4.96. The number of nitrogens with zero attached hydrogens (tertiary/aromatic N) is 3. The smallest absolute Gasteiger partial charge is 0.137 e. The van der Waals surface area contributed by atoms with E-state index in [-0.39, 0.29) is 12.6 Å². The maximum atomic E-state index is 9.40. The third-order valence-electron chi connectivity index (χ3n) is 4.00. The minimum Gasteiger partial charge on any atom is -0.396 e. The predicted molar refractivity (Wildman–Crippen MR) is 92.6 cm³/mol. The number of aliphatic hydroxyl groups is 1. The number of rotatable bonds is 6. The van der Waals surface area contributed by atoms with E-state index in [2.05, 4.69) is 29.1 Å². The van der Waals surface area contributed by atoms with E-state index in [0.717, 1.165) is 11.3 Å². The molecule has 0 saturated carbocycles. The van der Waals surface area contributed by atoms with Gasteiger partial charge in [0.25, 0.3) is 0 Å². The number of halogens is 1. The van der Waals surface area contributed by atoms with E-state index in [0.29, 0.717) is 18.0 Å². The molecule has 0 amide bonds. The normalized spacial score (nSPS) is 12.9. The number of aromatic nitrogens is 2. The van der Waals surface area contributed by atoms with Crippen molar-refractivity contribution in [2.75, 3.05) is 13.7 Å². The van der Waals surface area contributed by atoms with Gasteiger partial charge in [-0.25, -0.2) is 4.98 Å². The minimum atomic E-state index is 0.157. The predicted octanol–water partition coefficient (Wildman–Crippen LogP) is 3.54. The summed E-state index contributed by atoms with van der Waals surface area (Å²) in [4.78, 5) is 6.85. The second kappa shape index (κ2) is 7.13. The van der Waals surface area contributed by atoms with Crippen LogP contribution in [0.1, 0.15) is 23.7 Å². The number of imidazole rings is 1. The number of aliphatic hydroxyl groups excluding tert-OH is 1. The molecule has 23 heavy (non-hydrogen) atoms. The minimum absolute atomic E-state index is 0.157. The van der Waals surface area contributed by atoms with Crippen molar-refractivity contribution in [3.05, 3.63) is 71.1 Å². The molecule has 0 saturated heterocycles. The van der Waals surface area contributed by atoms with Crippen LogP contribution < -0.4 is 0 Å². The third kappa shape index (κ3) is 3.72. The lowest BCUT2D eigenvalue weighted by atomic mass is 10.0. The average molecular weight is 330 g/mol. The van der Waals surface area contributed by atoms with E-state index in [9.17, 15) is 5.11 Å². The molecule has 1 aromatic carbocycles. The van der Waals surface area contributed by atoms with Crippen molar-refractivity contribution < 1.29 is 5.11 Å². The van der Waals surface area contributed by atoms with Gasteiger partial charge in [0.15, 0.2) is 0 Å². The van der Waals surface area contributed by atoms with Crippen LogP contribution in [0.25, 0.3) is 5.65 Å². The van der Waals surface area contributed by atoms with Gasteiger partial charge in [0.1, 0.15) is 5.65 Å². The standard InChI is InChI=1S/C18H20ClN3O/c1-21(17(9-10-23)14-5-3-2-4-6-14)12-16-13-22-11-15(19)7-8-18(22)20-16/h2-8,11,13,17,23H,9-10,12H2,1H3. The molecule has 3 rings (SSSR count). The van der Waals surface area contributed by atoms with Gasteiger partial charge in [-0.15, -0.1) is 0 Å². The van der Waals surface area contributed by atoms with Crippen molar-refractivity contribution in [3.8, 4) is 0 Å². The van der Waals surface area contributed by atoms with Crippen LogP contribution in [0, 0.1) is 0 Å². The molecule has 0 fully saturated rings. The first-order chi connectivity index (χ1) is 11.2. The summed E-state index contributed by atoms with van der Waals surface area (Å²) >= 11 is 6.02. The highest BCUT2D eigenvalue weighted by Gasteiger charge is 2.17. The van der Waals surface area contributed by atoms with E-state index in [1.54, 1.807) is 0 Å². The van der Waals surface area contributed by atoms with Crippen LogP contribution in [0.4, 0.5) is 0 Å². The van der Waals surface area contributed by atoms with Crippen LogP contribution >= 0.6 is 11.6 Å². The van der Waals surface area contributed by atoms with Crippen molar-refractivity contribution in [3.63, 3.8) is 0 Å². The number of fused-ring (bicyclic) bond motifs is 1. The molecule has 4 nitrogen and oxygen atoms in total. The Labute approximate surface area is 141 Å². The summed E-state index contributed by atoms with van der Waals surface area (Å²) in [5.74, 6) is 0. The molecular weight excluding hydrogens is 310 g/mol. The Morgan fingerprint density at radius 2 is 1.96 bits per heavy atom. The van der Waals surface area contributed by atoms with Crippen LogP contribution in [0.5, 0.6) is 0 Å². The maximum Gasteiger partial charge on any atom is 0.137 e. The van der Waals surface area contributed by atoms with E-state index in [1.807, 2.05) is 47.1 Å². The molecule has 0 radical (unpaired) electrons. The fraction of sp³-hybridized carbons (Fsp3) is 0.278. The zero-order valence-corrected chi connectivity index (χ0v) is 13.8. The molecule has 0 bridgehead atoms. The second-order valence-corrected chi connectivity index (χ2v) is 6.14. The number of hydrogen-bond donors (Lipinski definition) is 1. The van der Waals surface area contributed by atoms with Gasteiger partial charge in [-0.05, 0) is 31.2 Å². The SMILES string of the molecule is CN(Cc1cn2cc(Cl)ccc2n1)C(CCO)c1ccccc1. The van der Waals surface area contributed by atoms with Crippen LogP contribution in [-0.4, -0.2) is 33.0 Å². The van der Waals surface area contributed by atoms with Gasteiger partial charge >= 0.3 is 0 Å². The molecule has 1 atom stereocenters.